The molecule has 27 heavy (non-hydrogen) atoms. The molecular weight excluding hydrogens is 380 g/mol. The average molecular weight is 399 g/mol. The molecule has 3 heterocycles. The fraction of sp³-hybridized carbons (Fsp3) is 0.263. The van der Waals surface area contributed by atoms with E-state index in [0.29, 0.717) is 5.13 Å². The Labute approximate surface area is 164 Å². The van der Waals surface area contributed by atoms with Crippen LogP contribution in [0.5, 0.6) is 0 Å². The van der Waals surface area contributed by atoms with Gasteiger partial charge in [-0.1, -0.05) is 35.1 Å². The minimum atomic E-state index is -0.485. The van der Waals surface area contributed by atoms with Gasteiger partial charge in [-0.3, -0.25) is 9.59 Å². The summed E-state index contributed by atoms with van der Waals surface area (Å²) in [4.78, 5) is 28.6. The number of nitrogens with zero attached hydrogens (tertiary/aromatic N) is 3. The predicted molar refractivity (Wildman–Crippen MR) is 107 cm³/mol. The number of benzene rings is 1. The third-order valence-corrected chi connectivity index (χ3v) is 6.26. The van der Waals surface area contributed by atoms with E-state index in [1.54, 1.807) is 16.2 Å². The second-order valence-electron chi connectivity index (χ2n) is 6.49. The van der Waals surface area contributed by atoms with Crippen LogP contribution in [-0.2, 0) is 9.59 Å². The molecule has 1 saturated heterocycles. The van der Waals surface area contributed by atoms with E-state index < -0.39 is 5.92 Å². The van der Waals surface area contributed by atoms with Gasteiger partial charge in [-0.25, -0.2) is 0 Å². The van der Waals surface area contributed by atoms with Gasteiger partial charge in [0, 0.05) is 17.0 Å². The maximum Gasteiger partial charge on any atom is 0.232 e. The molecule has 1 aliphatic heterocycles. The Morgan fingerprint density at radius 1 is 1.19 bits per heavy atom. The first-order valence-corrected chi connectivity index (χ1v) is 10.3. The molecule has 2 aromatic heterocycles. The smallest absolute Gasteiger partial charge is 0.232 e. The molecule has 1 N–H and O–H groups in total. The summed E-state index contributed by atoms with van der Waals surface area (Å²) in [5, 5.41) is 13.9. The summed E-state index contributed by atoms with van der Waals surface area (Å²) in [7, 11) is 0. The molecule has 1 aromatic carbocycles. The quantitative estimate of drug-likeness (QED) is 0.722. The maximum absolute atomic E-state index is 13.0. The van der Waals surface area contributed by atoms with Gasteiger partial charge in [0.2, 0.25) is 16.9 Å². The lowest BCUT2D eigenvalue weighted by Crippen LogP contribution is -2.31. The number of rotatable bonds is 4. The number of carbonyl (C=O) groups excluding carboxylic acids is 2. The first kappa shape index (κ1) is 17.8. The highest BCUT2D eigenvalue weighted by molar-refractivity contribution is 7.15. The summed E-state index contributed by atoms with van der Waals surface area (Å²) in [6, 6.07) is 11.4. The van der Waals surface area contributed by atoms with Gasteiger partial charge in [0.05, 0.1) is 12.0 Å². The van der Waals surface area contributed by atoms with E-state index in [0.717, 1.165) is 21.1 Å². The molecular formula is C19H18N4O2S2. The van der Waals surface area contributed by atoms with Crippen LogP contribution in [0, 0.1) is 19.8 Å². The summed E-state index contributed by atoms with van der Waals surface area (Å²) >= 11 is 2.88. The Morgan fingerprint density at radius 2 is 1.96 bits per heavy atom. The molecule has 1 aliphatic rings. The molecule has 3 aromatic rings. The molecule has 0 radical (unpaired) electrons. The molecule has 0 aliphatic carbocycles. The lowest BCUT2D eigenvalue weighted by molar-refractivity contribution is -0.122. The third kappa shape index (κ3) is 3.50. The lowest BCUT2D eigenvalue weighted by Gasteiger charge is -2.27. The molecule has 0 bridgehead atoms. The van der Waals surface area contributed by atoms with E-state index in [-0.39, 0.29) is 24.3 Å². The summed E-state index contributed by atoms with van der Waals surface area (Å²) in [6.07, 6.45) is 0.167. The van der Waals surface area contributed by atoms with E-state index >= 15 is 0 Å². The third-order valence-electron chi connectivity index (χ3n) is 4.56. The van der Waals surface area contributed by atoms with Crippen LogP contribution in [0.2, 0.25) is 0 Å². The molecule has 0 unspecified atom stereocenters. The van der Waals surface area contributed by atoms with Crippen LogP contribution in [-0.4, -0.2) is 22.0 Å². The highest BCUT2D eigenvalue weighted by Gasteiger charge is 2.45. The number of anilines is 2. The molecule has 8 heteroatoms. The normalized spacial score (nSPS) is 19.5. The molecule has 2 atom stereocenters. The number of amides is 2. The molecule has 2 amide bonds. The van der Waals surface area contributed by atoms with E-state index in [1.807, 2.05) is 55.6 Å². The van der Waals surface area contributed by atoms with Crippen molar-refractivity contribution in [3.05, 3.63) is 57.2 Å². The Balaban J connectivity index is 1.67. The molecule has 1 fully saturated rings. The topological polar surface area (TPSA) is 75.2 Å². The minimum Gasteiger partial charge on any atom is -0.303 e. The summed E-state index contributed by atoms with van der Waals surface area (Å²) in [6.45, 7) is 3.84. The minimum absolute atomic E-state index is 0.0501. The molecule has 4 rings (SSSR count). The van der Waals surface area contributed by atoms with Crippen molar-refractivity contribution in [1.29, 1.82) is 0 Å². The standard InChI is InChI=1S/C19H18N4O2S2/c1-11-5-7-13(8-6-11)23-16(24)10-14(17(23)15-4-3-9-26-15)18(25)20-19-22-21-12(2)27-19/h3-9,14,17H,10H2,1-2H3,(H,20,22,25)/t14-,17+/m1/s1. The summed E-state index contributed by atoms with van der Waals surface area (Å²) in [5.74, 6) is -0.736. The van der Waals surface area contributed by atoms with Gasteiger partial charge >= 0.3 is 0 Å². The highest BCUT2D eigenvalue weighted by Crippen LogP contribution is 2.43. The van der Waals surface area contributed by atoms with Crippen molar-refractivity contribution in [2.75, 3.05) is 10.2 Å². The maximum atomic E-state index is 13.0. The van der Waals surface area contributed by atoms with E-state index in [1.165, 1.54) is 11.3 Å². The molecule has 6 nitrogen and oxygen atoms in total. The summed E-state index contributed by atoms with van der Waals surface area (Å²) < 4.78 is 0. The second-order valence-corrected chi connectivity index (χ2v) is 8.65. The predicted octanol–water partition coefficient (Wildman–Crippen LogP) is 3.95. The van der Waals surface area contributed by atoms with Crippen LogP contribution >= 0.6 is 22.7 Å². The summed E-state index contributed by atoms with van der Waals surface area (Å²) in [5.41, 5.74) is 1.94. The number of thiophene rings is 1. The zero-order valence-electron chi connectivity index (χ0n) is 14.9. The van der Waals surface area contributed by atoms with E-state index in [2.05, 4.69) is 15.5 Å². The highest BCUT2D eigenvalue weighted by atomic mass is 32.1. The van der Waals surface area contributed by atoms with Gasteiger partial charge in [-0.15, -0.1) is 21.5 Å². The first-order valence-electron chi connectivity index (χ1n) is 8.56. The molecule has 0 saturated carbocycles. The van der Waals surface area contributed by atoms with Gasteiger partial charge in [0.1, 0.15) is 5.01 Å². The van der Waals surface area contributed by atoms with Crippen molar-refractivity contribution in [3.8, 4) is 0 Å². The Hall–Kier alpha value is -2.58. The Morgan fingerprint density at radius 3 is 2.59 bits per heavy atom. The van der Waals surface area contributed by atoms with Crippen molar-refractivity contribution in [3.63, 3.8) is 0 Å². The van der Waals surface area contributed by atoms with Crippen molar-refractivity contribution in [1.82, 2.24) is 10.2 Å². The van der Waals surface area contributed by atoms with Crippen LogP contribution in [0.4, 0.5) is 10.8 Å². The Kier molecular flexibility index (Phi) is 4.75. The number of carbonyl (C=O) groups is 2. The number of aromatic nitrogens is 2. The van der Waals surface area contributed by atoms with Crippen LogP contribution in [0.3, 0.4) is 0 Å². The Bertz CT molecular complexity index is 966. The van der Waals surface area contributed by atoms with Crippen molar-refractivity contribution in [2.24, 2.45) is 5.92 Å². The van der Waals surface area contributed by atoms with Crippen molar-refractivity contribution in [2.45, 2.75) is 26.3 Å². The van der Waals surface area contributed by atoms with Gasteiger partial charge in [-0.05, 0) is 37.4 Å². The lowest BCUT2D eigenvalue weighted by atomic mass is 9.97. The monoisotopic (exact) mass is 398 g/mol. The van der Waals surface area contributed by atoms with Crippen LogP contribution in [0.15, 0.2) is 41.8 Å². The number of nitrogens with one attached hydrogen (secondary N) is 1. The van der Waals surface area contributed by atoms with Crippen molar-refractivity contribution >= 4 is 45.3 Å². The van der Waals surface area contributed by atoms with Gasteiger partial charge < -0.3 is 10.2 Å². The zero-order chi connectivity index (χ0) is 19.0. The average Bonchev–Trinajstić information content (AvgIpc) is 3.36. The van der Waals surface area contributed by atoms with Gasteiger partial charge in [0.25, 0.3) is 0 Å². The first-order chi connectivity index (χ1) is 13.0. The SMILES string of the molecule is Cc1ccc(N2C(=O)C[C@@H](C(=O)Nc3nnc(C)s3)[C@H]2c2cccs2)cc1. The number of aryl methyl sites for hydroxylation is 2. The second kappa shape index (κ2) is 7.21. The van der Waals surface area contributed by atoms with Crippen LogP contribution < -0.4 is 10.2 Å². The van der Waals surface area contributed by atoms with Crippen LogP contribution in [0.1, 0.15) is 27.9 Å². The van der Waals surface area contributed by atoms with Crippen molar-refractivity contribution < 1.29 is 9.59 Å². The fourth-order valence-corrected chi connectivity index (χ4v) is 4.78. The number of hydrogen-bond donors (Lipinski definition) is 1. The van der Waals surface area contributed by atoms with Crippen LogP contribution in [0.25, 0.3) is 0 Å². The fourth-order valence-electron chi connectivity index (χ4n) is 3.31. The van der Waals surface area contributed by atoms with Gasteiger partial charge in [0.15, 0.2) is 0 Å². The van der Waals surface area contributed by atoms with E-state index in [4.69, 9.17) is 0 Å². The van der Waals surface area contributed by atoms with E-state index in [9.17, 15) is 9.59 Å². The molecule has 0 spiro atoms. The number of hydrogen-bond acceptors (Lipinski definition) is 6. The largest absolute Gasteiger partial charge is 0.303 e. The zero-order valence-corrected chi connectivity index (χ0v) is 16.5. The molecule has 138 valence electrons. The van der Waals surface area contributed by atoms with Gasteiger partial charge in [-0.2, -0.15) is 0 Å².